The van der Waals surface area contributed by atoms with Gasteiger partial charge in [0, 0.05) is 17.7 Å². The molecule has 0 aliphatic rings. The van der Waals surface area contributed by atoms with E-state index in [-0.39, 0.29) is 17.1 Å². The number of ether oxygens (including phenoxy) is 1. The molecular formula is C16H12F2O3. The fourth-order valence-corrected chi connectivity index (χ4v) is 1.67. The van der Waals surface area contributed by atoms with E-state index in [4.69, 9.17) is 9.84 Å². The molecule has 0 aliphatic carbocycles. The lowest BCUT2D eigenvalue weighted by Crippen LogP contribution is -1.92. The second-order valence-electron chi connectivity index (χ2n) is 4.37. The van der Waals surface area contributed by atoms with Gasteiger partial charge in [0.15, 0.2) is 0 Å². The minimum atomic E-state index is -1.16. The molecule has 0 aliphatic heterocycles. The molecule has 1 N–H and O–H groups in total. The maximum absolute atomic E-state index is 13.5. The summed E-state index contributed by atoms with van der Waals surface area (Å²) in [6.07, 6.45) is 2.09. The highest BCUT2D eigenvalue weighted by atomic mass is 19.1. The summed E-state index contributed by atoms with van der Waals surface area (Å²) in [5.74, 6) is -1.63. The first kappa shape index (κ1) is 14.7. The van der Waals surface area contributed by atoms with E-state index in [1.807, 2.05) is 0 Å². The van der Waals surface area contributed by atoms with Crippen LogP contribution in [0.2, 0.25) is 0 Å². The molecule has 0 saturated heterocycles. The molecule has 0 aromatic heterocycles. The molecule has 0 unspecified atom stereocenters. The van der Waals surface area contributed by atoms with Gasteiger partial charge < -0.3 is 9.84 Å². The summed E-state index contributed by atoms with van der Waals surface area (Å²) in [7, 11) is 0. The van der Waals surface area contributed by atoms with Crippen LogP contribution < -0.4 is 4.74 Å². The minimum Gasteiger partial charge on any atom is -0.478 e. The lowest BCUT2D eigenvalue weighted by atomic mass is 10.1. The van der Waals surface area contributed by atoms with Gasteiger partial charge in [0.05, 0.1) is 0 Å². The Balaban J connectivity index is 2.34. The second kappa shape index (κ2) is 6.17. The molecule has 0 atom stereocenters. The summed E-state index contributed by atoms with van der Waals surface area (Å²) in [4.78, 5) is 10.5. The topological polar surface area (TPSA) is 46.5 Å². The van der Waals surface area contributed by atoms with E-state index in [1.54, 1.807) is 19.1 Å². The van der Waals surface area contributed by atoms with Gasteiger partial charge in [0.2, 0.25) is 0 Å². The van der Waals surface area contributed by atoms with Crippen molar-refractivity contribution in [3.05, 3.63) is 65.2 Å². The molecule has 2 rings (SSSR count). The van der Waals surface area contributed by atoms with Gasteiger partial charge in [-0.3, -0.25) is 0 Å². The average molecular weight is 290 g/mol. The Hall–Kier alpha value is -2.69. The van der Waals surface area contributed by atoms with Gasteiger partial charge in [0.25, 0.3) is 0 Å². The fourth-order valence-electron chi connectivity index (χ4n) is 1.67. The van der Waals surface area contributed by atoms with Crippen LogP contribution >= 0.6 is 0 Å². The van der Waals surface area contributed by atoms with Crippen molar-refractivity contribution in [2.75, 3.05) is 0 Å². The molecule has 0 saturated carbocycles. The molecule has 0 fully saturated rings. The third kappa shape index (κ3) is 3.89. The Labute approximate surface area is 120 Å². The number of aliphatic carboxylic acids is 1. The molecule has 2 aromatic carbocycles. The van der Waals surface area contributed by atoms with Crippen molar-refractivity contribution in [1.29, 1.82) is 0 Å². The van der Waals surface area contributed by atoms with E-state index in [1.165, 1.54) is 24.3 Å². The van der Waals surface area contributed by atoms with Gasteiger partial charge >= 0.3 is 5.97 Å². The van der Waals surface area contributed by atoms with Crippen LogP contribution in [-0.2, 0) is 4.79 Å². The standard InChI is InChI=1S/C16H12F2O3/c1-10-2-5-13(9-14(10)18)21-15-6-4-12(17)8-11(15)3-7-16(19)20/h2-9H,1H3,(H,19,20)/b7-3+. The van der Waals surface area contributed by atoms with Crippen molar-refractivity contribution in [3.63, 3.8) is 0 Å². The van der Waals surface area contributed by atoms with Gasteiger partial charge in [-0.15, -0.1) is 0 Å². The third-order valence-electron chi connectivity index (χ3n) is 2.75. The Morgan fingerprint density at radius 1 is 1.19 bits per heavy atom. The maximum Gasteiger partial charge on any atom is 0.328 e. The SMILES string of the molecule is Cc1ccc(Oc2ccc(F)cc2/C=C/C(=O)O)cc1F. The molecule has 0 radical (unpaired) electrons. The lowest BCUT2D eigenvalue weighted by Gasteiger charge is -2.09. The molecule has 2 aromatic rings. The van der Waals surface area contributed by atoms with Crippen LogP contribution in [0.3, 0.4) is 0 Å². The van der Waals surface area contributed by atoms with E-state index in [0.717, 1.165) is 12.1 Å². The van der Waals surface area contributed by atoms with Crippen molar-refractivity contribution >= 4 is 12.0 Å². The first-order valence-electron chi connectivity index (χ1n) is 6.10. The highest BCUT2D eigenvalue weighted by molar-refractivity contribution is 5.85. The molecule has 3 nitrogen and oxygen atoms in total. The van der Waals surface area contributed by atoms with E-state index >= 15 is 0 Å². The molecule has 0 heterocycles. The van der Waals surface area contributed by atoms with Crippen molar-refractivity contribution < 1.29 is 23.4 Å². The van der Waals surface area contributed by atoms with E-state index in [2.05, 4.69) is 0 Å². The second-order valence-corrected chi connectivity index (χ2v) is 4.37. The van der Waals surface area contributed by atoms with E-state index in [0.29, 0.717) is 5.56 Å². The summed E-state index contributed by atoms with van der Waals surface area (Å²) in [5.41, 5.74) is 0.728. The number of carbonyl (C=O) groups is 1. The Bertz CT molecular complexity index is 709. The van der Waals surface area contributed by atoms with Crippen LogP contribution in [0.5, 0.6) is 11.5 Å². The zero-order valence-electron chi connectivity index (χ0n) is 11.1. The first-order chi connectivity index (χ1) is 9.95. The van der Waals surface area contributed by atoms with Crippen LogP contribution in [0.1, 0.15) is 11.1 Å². The fraction of sp³-hybridized carbons (Fsp3) is 0.0625. The number of carboxylic acid groups (broad SMARTS) is 1. The molecule has 0 amide bonds. The van der Waals surface area contributed by atoms with Crippen LogP contribution in [0, 0.1) is 18.6 Å². The lowest BCUT2D eigenvalue weighted by molar-refractivity contribution is -0.131. The number of hydrogen-bond acceptors (Lipinski definition) is 2. The van der Waals surface area contributed by atoms with Crippen molar-refractivity contribution in [3.8, 4) is 11.5 Å². The van der Waals surface area contributed by atoms with Crippen LogP contribution in [0.15, 0.2) is 42.5 Å². The third-order valence-corrected chi connectivity index (χ3v) is 2.75. The Kier molecular flexibility index (Phi) is 4.33. The predicted octanol–water partition coefficient (Wildman–Crippen LogP) is 4.16. The molecule has 21 heavy (non-hydrogen) atoms. The number of aryl methyl sites for hydroxylation is 1. The normalized spacial score (nSPS) is 10.8. The highest BCUT2D eigenvalue weighted by Crippen LogP contribution is 2.28. The van der Waals surface area contributed by atoms with Crippen LogP contribution in [-0.4, -0.2) is 11.1 Å². The van der Waals surface area contributed by atoms with Crippen LogP contribution in [0.25, 0.3) is 6.08 Å². The number of rotatable bonds is 4. The number of carboxylic acids is 1. The van der Waals surface area contributed by atoms with E-state index < -0.39 is 17.6 Å². The van der Waals surface area contributed by atoms with Crippen molar-refractivity contribution in [2.24, 2.45) is 0 Å². The Morgan fingerprint density at radius 3 is 2.62 bits per heavy atom. The van der Waals surface area contributed by atoms with Crippen LogP contribution in [0.4, 0.5) is 8.78 Å². The predicted molar refractivity (Wildman–Crippen MR) is 74.3 cm³/mol. The van der Waals surface area contributed by atoms with Gasteiger partial charge in [-0.05, 0) is 42.8 Å². The highest BCUT2D eigenvalue weighted by Gasteiger charge is 2.07. The molecule has 0 bridgehead atoms. The quantitative estimate of drug-likeness (QED) is 0.860. The maximum atomic E-state index is 13.5. The zero-order valence-corrected chi connectivity index (χ0v) is 11.1. The molecule has 108 valence electrons. The summed E-state index contributed by atoms with van der Waals surface area (Å²) >= 11 is 0. The van der Waals surface area contributed by atoms with Crippen molar-refractivity contribution in [1.82, 2.24) is 0 Å². The molecule has 5 heteroatoms. The molecule has 0 spiro atoms. The van der Waals surface area contributed by atoms with Gasteiger partial charge in [-0.2, -0.15) is 0 Å². The largest absolute Gasteiger partial charge is 0.478 e. The number of hydrogen-bond donors (Lipinski definition) is 1. The number of benzene rings is 2. The Morgan fingerprint density at radius 2 is 1.95 bits per heavy atom. The van der Waals surface area contributed by atoms with E-state index in [9.17, 15) is 13.6 Å². The summed E-state index contributed by atoms with van der Waals surface area (Å²) in [5, 5.41) is 8.62. The summed E-state index contributed by atoms with van der Waals surface area (Å²) in [6, 6.07) is 8.02. The van der Waals surface area contributed by atoms with Gasteiger partial charge in [-0.25, -0.2) is 13.6 Å². The zero-order chi connectivity index (χ0) is 15.4. The smallest absolute Gasteiger partial charge is 0.328 e. The van der Waals surface area contributed by atoms with Gasteiger partial charge in [0.1, 0.15) is 23.1 Å². The molecular weight excluding hydrogens is 278 g/mol. The monoisotopic (exact) mass is 290 g/mol. The number of halogens is 2. The van der Waals surface area contributed by atoms with Gasteiger partial charge in [-0.1, -0.05) is 6.07 Å². The summed E-state index contributed by atoms with van der Waals surface area (Å²) in [6.45, 7) is 1.62. The average Bonchev–Trinajstić information content (AvgIpc) is 2.43. The minimum absolute atomic E-state index is 0.233. The summed E-state index contributed by atoms with van der Waals surface area (Å²) < 4.78 is 32.2. The van der Waals surface area contributed by atoms with Crippen molar-refractivity contribution in [2.45, 2.75) is 6.92 Å². The first-order valence-corrected chi connectivity index (χ1v) is 6.10.